The van der Waals surface area contributed by atoms with Gasteiger partial charge in [0.25, 0.3) is 0 Å². The summed E-state index contributed by atoms with van der Waals surface area (Å²) in [5.41, 5.74) is -12.8. The van der Waals surface area contributed by atoms with Crippen LogP contribution >= 0.6 is 0 Å². The molecule has 1 amide bonds. The van der Waals surface area contributed by atoms with Crippen molar-refractivity contribution in [3.8, 4) is 0 Å². The molecule has 6 rings (SSSR count). The molecule has 58 heavy (non-hydrogen) atoms. The molecular weight excluding hydrogens is 754 g/mol. The molecule has 0 aromatic heterocycles. The van der Waals surface area contributed by atoms with E-state index in [9.17, 15) is 39.6 Å². The number of aliphatic hydroxyl groups excluding tert-OH is 3. The number of hydrogen-bond donors (Lipinski definition) is 5. The number of rotatable bonds is 8. The Morgan fingerprint density at radius 2 is 1.60 bits per heavy atom. The third kappa shape index (κ3) is 7.10. The van der Waals surface area contributed by atoms with Crippen LogP contribution in [0.1, 0.15) is 102 Å². The van der Waals surface area contributed by atoms with Crippen LogP contribution in [0.15, 0.2) is 71.8 Å². The van der Waals surface area contributed by atoms with E-state index >= 15 is 4.79 Å². The van der Waals surface area contributed by atoms with Gasteiger partial charge in [0.05, 0.1) is 35.6 Å². The van der Waals surface area contributed by atoms with Crippen molar-refractivity contribution >= 4 is 29.8 Å². The van der Waals surface area contributed by atoms with Crippen molar-refractivity contribution in [2.24, 2.45) is 16.7 Å². The number of nitrogens with one attached hydrogen (secondary N) is 1. The van der Waals surface area contributed by atoms with Crippen LogP contribution in [0, 0.1) is 16.7 Å². The van der Waals surface area contributed by atoms with Crippen LogP contribution in [0.2, 0.25) is 0 Å². The molecule has 2 saturated carbocycles. The molecule has 1 heterocycles. The molecule has 1 saturated heterocycles. The lowest BCUT2D eigenvalue weighted by Gasteiger charge is -2.67. The number of ketones is 1. The van der Waals surface area contributed by atoms with Crippen molar-refractivity contribution < 1.29 is 80.4 Å². The highest BCUT2D eigenvalue weighted by Crippen LogP contribution is 2.64. The minimum absolute atomic E-state index is 0.0148. The van der Waals surface area contributed by atoms with Gasteiger partial charge in [-0.25, -0.2) is 14.4 Å². The smallest absolute Gasteiger partial charge is 0.408 e. The molecule has 2 bridgehead atoms. The summed E-state index contributed by atoms with van der Waals surface area (Å²) in [5.74, 6) is -6.15. The fourth-order valence-electron chi connectivity index (χ4n) is 9.42. The second-order valence-electron chi connectivity index (χ2n) is 16.1. The van der Waals surface area contributed by atoms with E-state index in [1.807, 2.05) is 5.32 Å². The number of aliphatic hydroxyl groups is 4. The van der Waals surface area contributed by atoms with E-state index in [2.05, 4.69) is 0 Å². The van der Waals surface area contributed by atoms with Crippen LogP contribution in [-0.2, 0) is 38.1 Å². The Morgan fingerprint density at radius 3 is 2.17 bits per heavy atom. The zero-order valence-corrected chi connectivity index (χ0v) is 32.4. The van der Waals surface area contributed by atoms with Gasteiger partial charge in [-0.1, -0.05) is 62.4 Å². The topological polar surface area (TPSA) is 224 Å². The SMILES string of the molecule is [2H]C([2H])([2H])C(OC(=O)N[C@@H](c1ccccc1)[C@@H](O)C(=O)O[C@H]1C[C@@]2(O)[C@@H](OC(=O)c3ccccc3)[C@H]3[C@]4(OC(C)=O)CO[C@H]4C[C@H](O)[C@@]3(C)C(=O)[C@H](O)C(=C1C)C2(C)C)(C([2H])([2H])[2H])C([2H])([2H])[2H]. The van der Waals surface area contributed by atoms with Crippen LogP contribution in [0.25, 0.3) is 0 Å². The number of esters is 3. The minimum atomic E-state index is -4.10. The minimum Gasteiger partial charge on any atom is -0.456 e. The first-order chi connectivity index (χ1) is 30.7. The molecule has 3 fully saturated rings. The first kappa shape index (κ1) is 32.2. The van der Waals surface area contributed by atoms with E-state index in [1.165, 1.54) is 82.3 Å². The Labute approximate surface area is 349 Å². The van der Waals surface area contributed by atoms with Crippen molar-refractivity contribution in [2.75, 3.05) is 6.61 Å². The number of ether oxygens (including phenoxy) is 5. The van der Waals surface area contributed by atoms with Gasteiger partial charge >= 0.3 is 24.0 Å². The molecule has 0 unspecified atom stereocenters. The molecule has 0 radical (unpaired) electrons. The maximum Gasteiger partial charge on any atom is 0.408 e. The molecule has 2 aromatic carbocycles. The highest BCUT2D eigenvalue weighted by molar-refractivity contribution is 5.94. The molecule has 11 atom stereocenters. The number of fused-ring (bicyclic) bond motifs is 5. The molecular formula is C43H53NO14. The number of alkyl carbamates (subject to hydrolysis) is 1. The summed E-state index contributed by atoms with van der Waals surface area (Å²) >= 11 is 0. The van der Waals surface area contributed by atoms with Crippen LogP contribution in [0.5, 0.6) is 0 Å². The average molecular weight is 817 g/mol. The van der Waals surface area contributed by atoms with Gasteiger partial charge in [-0.05, 0) is 63.2 Å². The highest BCUT2D eigenvalue weighted by atomic mass is 16.6. The zero-order valence-electron chi connectivity index (χ0n) is 41.4. The summed E-state index contributed by atoms with van der Waals surface area (Å²) in [4.78, 5) is 69.9. The van der Waals surface area contributed by atoms with Gasteiger partial charge in [0.2, 0.25) is 0 Å². The number of amides is 1. The lowest BCUT2D eigenvalue weighted by atomic mass is 9.44. The lowest BCUT2D eigenvalue weighted by molar-refractivity contribution is -0.346. The van der Waals surface area contributed by atoms with Gasteiger partial charge in [-0.3, -0.25) is 9.59 Å². The predicted octanol–water partition coefficient (Wildman–Crippen LogP) is 3.26. The first-order valence-corrected chi connectivity index (χ1v) is 18.6. The molecule has 0 spiro atoms. The van der Waals surface area contributed by atoms with Gasteiger partial charge < -0.3 is 49.4 Å². The number of hydrogen-bond acceptors (Lipinski definition) is 14. The van der Waals surface area contributed by atoms with Crippen LogP contribution < -0.4 is 5.32 Å². The summed E-state index contributed by atoms with van der Waals surface area (Å²) < 4.78 is 99.2. The van der Waals surface area contributed by atoms with E-state index in [0.717, 1.165) is 6.92 Å². The van der Waals surface area contributed by atoms with Gasteiger partial charge in [0.15, 0.2) is 17.5 Å². The summed E-state index contributed by atoms with van der Waals surface area (Å²) in [5, 5.41) is 51.3. The molecule has 2 aromatic rings. The van der Waals surface area contributed by atoms with Crippen LogP contribution in [-0.4, -0.2) is 110 Å². The third-order valence-corrected chi connectivity index (χ3v) is 12.4. The van der Waals surface area contributed by atoms with E-state index < -0.39 is 140 Å². The Morgan fingerprint density at radius 1 is 0.983 bits per heavy atom. The molecule has 4 aliphatic rings. The second-order valence-corrected chi connectivity index (χ2v) is 16.1. The maximum absolute atomic E-state index is 15.0. The maximum atomic E-state index is 15.0. The molecule has 3 aliphatic carbocycles. The van der Waals surface area contributed by atoms with Crippen molar-refractivity contribution in [3.63, 3.8) is 0 Å². The van der Waals surface area contributed by atoms with E-state index in [4.69, 9.17) is 36.0 Å². The van der Waals surface area contributed by atoms with Gasteiger partial charge in [0.1, 0.15) is 35.6 Å². The van der Waals surface area contributed by atoms with Crippen molar-refractivity contribution in [1.29, 1.82) is 0 Å². The lowest BCUT2D eigenvalue weighted by Crippen LogP contribution is -2.81. The fourth-order valence-corrected chi connectivity index (χ4v) is 9.42. The largest absolute Gasteiger partial charge is 0.456 e. The molecule has 15 nitrogen and oxygen atoms in total. The summed E-state index contributed by atoms with van der Waals surface area (Å²) in [6.45, 7) is -5.70. The number of benzene rings is 2. The van der Waals surface area contributed by atoms with Gasteiger partial charge in [-0.15, -0.1) is 0 Å². The fraction of sp³-hybridized carbons (Fsp3) is 0.558. The van der Waals surface area contributed by atoms with Crippen molar-refractivity contribution in [3.05, 3.63) is 82.9 Å². The number of carbonyl (C=O) groups is 5. The number of carbonyl (C=O) groups excluding carboxylic acids is 5. The highest BCUT2D eigenvalue weighted by Gasteiger charge is 2.78. The summed E-state index contributed by atoms with van der Waals surface area (Å²) in [6, 6.07) is 12.4. The van der Waals surface area contributed by atoms with Gasteiger partial charge in [-0.2, -0.15) is 0 Å². The monoisotopic (exact) mass is 816 g/mol. The Balaban J connectivity index is 1.46. The van der Waals surface area contributed by atoms with E-state index in [1.54, 1.807) is 6.07 Å². The average Bonchev–Trinajstić information content (AvgIpc) is 3.22. The quantitative estimate of drug-likeness (QED) is 0.147. The summed E-state index contributed by atoms with van der Waals surface area (Å²) in [6.07, 6.45) is -14.1. The third-order valence-electron chi connectivity index (χ3n) is 12.4. The van der Waals surface area contributed by atoms with Crippen molar-refractivity contribution in [2.45, 2.75) is 127 Å². The van der Waals surface area contributed by atoms with Crippen molar-refractivity contribution in [1.82, 2.24) is 5.32 Å². The first-order valence-electron chi connectivity index (χ1n) is 23.1. The molecule has 15 heteroatoms. The standard InChI is InChI=1S/C43H53NO14/c1-22-26(55-37(51)32(48)30(24-15-11-9-12-16-24)44-38(52)58-39(3,4)5)20-43(53)35(56-36(50)25-17-13-10-14-18-25)33-41(8,34(49)31(47)29(22)40(43,6)7)27(46)19-28-42(33,21-54-28)57-23(2)45/h9-18,26-28,30-33,35,46-48,53H,19-21H2,1-8H3,(H,44,52)/t26-,27-,28-,30-,31+,32+,33+,35-,41+,42-,43+/m0/s1/i3D3,4D3,5D3. The molecule has 1 aliphatic heterocycles. The predicted molar refractivity (Wildman–Crippen MR) is 204 cm³/mol. The Hall–Kier alpha value is -4.67. The molecule has 5 N–H and O–H groups in total. The van der Waals surface area contributed by atoms with E-state index in [-0.39, 0.29) is 28.7 Å². The Kier molecular flexibility index (Phi) is 8.43. The second kappa shape index (κ2) is 15.2. The number of Topliss-reactive ketones (excluding diaryl/α,β-unsaturated/α-hetero) is 1. The summed E-state index contributed by atoms with van der Waals surface area (Å²) in [7, 11) is 0. The van der Waals surface area contributed by atoms with E-state index in [0.29, 0.717) is 0 Å². The van der Waals surface area contributed by atoms with Crippen LogP contribution in [0.4, 0.5) is 4.79 Å². The molecule has 314 valence electrons. The van der Waals surface area contributed by atoms with Gasteiger partial charge in [0, 0.05) is 37.5 Å². The normalized spacial score (nSPS) is 36.6. The zero-order chi connectivity index (χ0) is 50.2. The van der Waals surface area contributed by atoms with Crippen LogP contribution in [0.3, 0.4) is 0 Å². The Bertz CT molecular complexity index is 2270.